The summed E-state index contributed by atoms with van der Waals surface area (Å²) in [5.74, 6) is -0.739. The Hall–Kier alpha value is -1.74. The summed E-state index contributed by atoms with van der Waals surface area (Å²) >= 11 is 0. The number of rotatable bonds is 5. The van der Waals surface area contributed by atoms with Crippen molar-refractivity contribution >= 4 is 0 Å². The number of hydrogen-bond acceptors (Lipinski definition) is 1. The minimum Gasteiger partial charge on any atom is -0.392 e. The summed E-state index contributed by atoms with van der Waals surface area (Å²) in [5, 5.41) is 10.1. The van der Waals surface area contributed by atoms with E-state index in [1.165, 1.54) is 17.7 Å². The molecule has 1 unspecified atom stereocenters. The zero-order valence-electron chi connectivity index (χ0n) is 12.3. The van der Waals surface area contributed by atoms with Crippen molar-refractivity contribution in [2.75, 3.05) is 0 Å². The molecule has 1 atom stereocenters. The molecule has 0 spiro atoms. The lowest BCUT2D eigenvalue weighted by atomic mass is 9.97. The van der Waals surface area contributed by atoms with Gasteiger partial charge in [0, 0.05) is 12.5 Å². The van der Waals surface area contributed by atoms with E-state index in [1.54, 1.807) is 0 Å². The van der Waals surface area contributed by atoms with Crippen molar-refractivity contribution in [3.8, 4) is 0 Å². The van der Waals surface area contributed by atoms with E-state index in [4.69, 9.17) is 0 Å². The SMILES string of the molecule is CC(C)c1ccc(CC(O)Cc2ccc(F)cc2F)cc1. The van der Waals surface area contributed by atoms with Crippen molar-refractivity contribution in [1.82, 2.24) is 0 Å². The van der Waals surface area contributed by atoms with Crippen LogP contribution in [0, 0.1) is 11.6 Å². The van der Waals surface area contributed by atoms with E-state index in [-0.39, 0.29) is 6.42 Å². The van der Waals surface area contributed by atoms with Crippen LogP contribution >= 0.6 is 0 Å². The number of halogens is 2. The highest BCUT2D eigenvalue weighted by atomic mass is 19.1. The quantitative estimate of drug-likeness (QED) is 0.873. The Morgan fingerprint density at radius 2 is 1.62 bits per heavy atom. The number of hydrogen-bond donors (Lipinski definition) is 1. The molecule has 0 radical (unpaired) electrons. The maximum absolute atomic E-state index is 13.5. The third-order valence-corrected chi connectivity index (χ3v) is 3.59. The summed E-state index contributed by atoms with van der Waals surface area (Å²) in [6, 6.07) is 11.5. The lowest BCUT2D eigenvalue weighted by Gasteiger charge is -2.12. The van der Waals surface area contributed by atoms with Gasteiger partial charge in [0.2, 0.25) is 0 Å². The van der Waals surface area contributed by atoms with Crippen molar-refractivity contribution in [2.24, 2.45) is 0 Å². The maximum Gasteiger partial charge on any atom is 0.129 e. The Morgan fingerprint density at radius 1 is 0.952 bits per heavy atom. The summed E-state index contributed by atoms with van der Waals surface area (Å²) < 4.78 is 26.4. The summed E-state index contributed by atoms with van der Waals surface area (Å²) in [5.41, 5.74) is 2.59. The van der Waals surface area contributed by atoms with Gasteiger partial charge in [0.1, 0.15) is 11.6 Å². The Bertz CT molecular complexity index is 591. The fourth-order valence-electron chi connectivity index (χ4n) is 2.32. The number of aliphatic hydroxyl groups is 1. The lowest BCUT2D eigenvalue weighted by Crippen LogP contribution is -2.15. The molecule has 21 heavy (non-hydrogen) atoms. The molecule has 0 bridgehead atoms. The van der Waals surface area contributed by atoms with E-state index in [1.807, 2.05) is 24.3 Å². The monoisotopic (exact) mass is 290 g/mol. The normalized spacial score (nSPS) is 12.7. The Balaban J connectivity index is 1.99. The van der Waals surface area contributed by atoms with Gasteiger partial charge in [-0.1, -0.05) is 44.2 Å². The van der Waals surface area contributed by atoms with Crippen molar-refractivity contribution in [1.29, 1.82) is 0 Å². The van der Waals surface area contributed by atoms with E-state index in [0.29, 0.717) is 17.9 Å². The predicted octanol–water partition coefficient (Wildman–Crippen LogP) is 4.23. The largest absolute Gasteiger partial charge is 0.392 e. The fraction of sp³-hybridized carbons (Fsp3) is 0.333. The molecule has 0 aliphatic rings. The molecule has 2 aromatic rings. The first-order chi connectivity index (χ1) is 9.95. The molecule has 112 valence electrons. The zero-order valence-corrected chi connectivity index (χ0v) is 12.3. The smallest absolute Gasteiger partial charge is 0.129 e. The van der Waals surface area contributed by atoms with Gasteiger partial charge in [0.15, 0.2) is 0 Å². The lowest BCUT2D eigenvalue weighted by molar-refractivity contribution is 0.174. The molecule has 0 saturated carbocycles. The highest BCUT2D eigenvalue weighted by Gasteiger charge is 2.11. The topological polar surface area (TPSA) is 20.2 Å². The second-order valence-corrected chi connectivity index (χ2v) is 5.69. The van der Waals surface area contributed by atoms with Crippen LogP contribution in [0.4, 0.5) is 8.78 Å². The molecular weight excluding hydrogens is 270 g/mol. The van der Waals surface area contributed by atoms with Crippen molar-refractivity contribution in [3.63, 3.8) is 0 Å². The molecule has 0 aliphatic heterocycles. The maximum atomic E-state index is 13.5. The summed E-state index contributed by atoms with van der Waals surface area (Å²) in [6.07, 6.45) is -0.0531. The van der Waals surface area contributed by atoms with Crippen LogP contribution in [0.2, 0.25) is 0 Å². The van der Waals surface area contributed by atoms with Gasteiger partial charge in [-0.25, -0.2) is 8.78 Å². The second kappa shape index (κ2) is 6.81. The van der Waals surface area contributed by atoms with Gasteiger partial charge in [0.05, 0.1) is 6.10 Å². The minimum atomic E-state index is -0.685. The van der Waals surface area contributed by atoms with Crippen LogP contribution in [0.5, 0.6) is 0 Å². The van der Waals surface area contributed by atoms with Gasteiger partial charge >= 0.3 is 0 Å². The van der Waals surface area contributed by atoms with E-state index >= 15 is 0 Å². The van der Waals surface area contributed by atoms with Gasteiger partial charge in [-0.15, -0.1) is 0 Å². The van der Waals surface area contributed by atoms with Gasteiger partial charge < -0.3 is 5.11 Å². The van der Waals surface area contributed by atoms with Crippen molar-refractivity contribution < 1.29 is 13.9 Å². The molecule has 0 aromatic heterocycles. The molecule has 0 aliphatic carbocycles. The van der Waals surface area contributed by atoms with Crippen LogP contribution < -0.4 is 0 Å². The number of aliphatic hydroxyl groups excluding tert-OH is 1. The highest BCUT2D eigenvalue weighted by Crippen LogP contribution is 2.17. The van der Waals surface area contributed by atoms with Crippen LogP contribution in [0.1, 0.15) is 36.5 Å². The van der Waals surface area contributed by atoms with Crippen molar-refractivity contribution in [2.45, 2.75) is 38.7 Å². The summed E-state index contributed by atoms with van der Waals surface area (Å²) in [6.45, 7) is 4.25. The molecule has 0 saturated heterocycles. The third-order valence-electron chi connectivity index (χ3n) is 3.59. The predicted molar refractivity (Wildman–Crippen MR) is 80.3 cm³/mol. The van der Waals surface area contributed by atoms with Gasteiger partial charge in [-0.05, 0) is 35.1 Å². The first-order valence-corrected chi connectivity index (χ1v) is 7.16. The Morgan fingerprint density at radius 3 is 2.19 bits per heavy atom. The van der Waals surface area contributed by atoms with Crippen LogP contribution in [0.15, 0.2) is 42.5 Å². The average molecular weight is 290 g/mol. The molecule has 0 amide bonds. The number of benzene rings is 2. The van der Waals surface area contributed by atoms with E-state index in [9.17, 15) is 13.9 Å². The highest BCUT2D eigenvalue weighted by molar-refractivity contribution is 5.26. The Kier molecular flexibility index (Phi) is 5.07. The van der Waals surface area contributed by atoms with Crippen molar-refractivity contribution in [3.05, 3.63) is 70.8 Å². The van der Waals surface area contributed by atoms with E-state index in [2.05, 4.69) is 13.8 Å². The first-order valence-electron chi connectivity index (χ1n) is 7.16. The van der Waals surface area contributed by atoms with E-state index in [0.717, 1.165) is 11.6 Å². The van der Waals surface area contributed by atoms with Gasteiger partial charge in [0.25, 0.3) is 0 Å². The Labute approximate surface area is 124 Å². The van der Waals surface area contributed by atoms with Crippen LogP contribution in [0.3, 0.4) is 0 Å². The summed E-state index contributed by atoms with van der Waals surface area (Å²) in [4.78, 5) is 0. The fourth-order valence-corrected chi connectivity index (χ4v) is 2.32. The standard InChI is InChI=1S/C18H20F2O/c1-12(2)14-5-3-13(4-6-14)9-17(21)10-15-7-8-16(19)11-18(15)20/h3-8,11-12,17,21H,9-10H2,1-2H3. The molecule has 1 N–H and O–H groups in total. The molecular formula is C18H20F2O. The second-order valence-electron chi connectivity index (χ2n) is 5.69. The average Bonchev–Trinajstić information content (AvgIpc) is 2.42. The molecule has 2 aromatic carbocycles. The molecule has 1 nitrogen and oxygen atoms in total. The van der Waals surface area contributed by atoms with E-state index < -0.39 is 17.7 Å². The molecule has 0 fully saturated rings. The molecule has 0 heterocycles. The molecule has 2 rings (SSSR count). The van der Waals surface area contributed by atoms with Crippen LogP contribution in [-0.2, 0) is 12.8 Å². The minimum absolute atomic E-state index is 0.179. The zero-order chi connectivity index (χ0) is 15.4. The van der Waals surface area contributed by atoms with Gasteiger partial charge in [-0.3, -0.25) is 0 Å². The summed E-state index contributed by atoms with van der Waals surface area (Å²) in [7, 11) is 0. The van der Waals surface area contributed by atoms with Crippen LogP contribution in [-0.4, -0.2) is 11.2 Å². The molecule has 3 heteroatoms. The van der Waals surface area contributed by atoms with Crippen LogP contribution in [0.25, 0.3) is 0 Å². The van der Waals surface area contributed by atoms with Gasteiger partial charge in [-0.2, -0.15) is 0 Å². The first kappa shape index (κ1) is 15.6. The third kappa shape index (κ3) is 4.36.